The van der Waals surface area contributed by atoms with E-state index in [1.807, 2.05) is 0 Å². The predicted octanol–water partition coefficient (Wildman–Crippen LogP) is 3.08. The molecule has 1 aromatic carbocycles. The molecule has 1 atom stereocenters. The summed E-state index contributed by atoms with van der Waals surface area (Å²) in [5.41, 5.74) is 5.81. The molecule has 1 aromatic rings. The maximum absolute atomic E-state index is 12.3. The van der Waals surface area contributed by atoms with Gasteiger partial charge in [-0.05, 0) is 6.07 Å². The number of hydrogen-bond acceptors (Lipinski definition) is 3. The fourth-order valence-electron chi connectivity index (χ4n) is 1.56. The molecule has 0 saturated heterocycles. The third kappa shape index (κ3) is 4.27. The lowest BCUT2D eigenvalue weighted by Gasteiger charge is -2.18. The molecule has 0 unspecified atom stereocenters. The van der Waals surface area contributed by atoms with E-state index < -0.39 is 18.6 Å². The molecule has 0 aliphatic rings. The van der Waals surface area contributed by atoms with Crippen LogP contribution in [0.15, 0.2) is 18.2 Å². The Morgan fingerprint density at radius 1 is 1.22 bits per heavy atom. The van der Waals surface area contributed by atoms with Gasteiger partial charge in [0.1, 0.15) is 0 Å². The molecule has 0 fully saturated rings. The average molecular weight is 286 g/mol. The van der Waals surface area contributed by atoms with Gasteiger partial charge in [-0.2, -0.15) is 13.2 Å². The van der Waals surface area contributed by atoms with Crippen molar-refractivity contribution in [3.8, 4) is 11.5 Å². The van der Waals surface area contributed by atoms with Crippen molar-refractivity contribution in [3.05, 3.63) is 23.8 Å². The number of hydrogen-bond donors (Lipinski definition) is 1. The molecule has 3 nitrogen and oxygen atoms in total. The Kier molecular flexibility index (Phi) is 6.28. The summed E-state index contributed by atoms with van der Waals surface area (Å²) in [4.78, 5) is 0. The van der Waals surface area contributed by atoms with E-state index in [1.165, 1.54) is 20.3 Å². The zero-order valence-corrected chi connectivity index (χ0v) is 10.8. The van der Waals surface area contributed by atoms with Crippen LogP contribution >= 0.6 is 12.4 Å². The Labute approximate surface area is 109 Å². The smallest absolute Gasteiger partial charge is 0.390 e. The number of benzene rings is 1. The van der Waals surface area contributed by atoms with Crippen LogP contribution < -0.4 is 15.2 Å². The molecule has 0 amide bonds. The summed E-state index contributed by atoms with van der Waals surface area (Å²) in [5.74, 6) is 0.606. The van der Waals surface area contributed by atoms with Gasteiger partial charge in [0.2, 0.25) is 0 Å². The lowest BCUT2D eigenvalue weighted by molar-refractivity contribution is -0.138. The van der Waals surface area contributed by atoms with Gasteiger partial charge in [-0.1, -0.05) is 12.1 Å². The van der Waals surface area contributed by atoms with E-state index >= 15 is 0 Å². The molecule has 0 saturated carbocycles. The molecule has 0 bridgehead atoms. The normalized spacial score (nSPS) is 12.6. The number of para-hydroxylation sites is 1. The molecule has 0 spiro atoms. The van der Waals surface area contributed by atoms with Crippen molar-refractivity contribution in [2.45, 2.75) is 18.6 Å². The highest BCUT2D eigenvalue weighted by atomic mass is 35.5. The summed E-state index contributed by atoms with van der Waals surface area (Å²) >= 11 is 0. The van der Waals surface area contributed by atoms with E-state index in [4.69, 9.17) is 15.2 Å². The number of halogens is 4. The summed E-state index contributed by atoms with van der Waals surface area (Å²) < 4.78 is 46.8. The minimum atomic E-state index is -4.31. The second kappa shape index (κ2) is 6.70. The van der Waals surface area contributed by atoms with Gasteiger partial charge < -0.3 is 15.2 Å². The molecule has 0 aromatic heterocycles. The first-order chi connectivity index (χ1) is 7.89. The number of nitrogens with two attached hydrogens (primary N) is 1. The van der Waals surface area contributed by atoms with Crippen LogP contribution in [0.5, 0.6) is 11.5 Å². The number of rotatable bonds is 4. The molecule has 1 rings (SSSR count). The van der Waals surface area contributed by atoms with Crippen molar-refractivity contribution in [3.63, 3.8) is 0 Å². The molecule has 0 radical (unpaired) electrons. The van der Waals surface area contributed by atoms with Gasteiger partial charge in [-0.25, -0.2) is 0 Å². The summed E-state index contributed by atoms with van der Waals surface area (Å²) in [6.45, 7) is 0. The standard InChI is InChI=1S/C11H14F3NO2.ClH/c1-16-9-5-3-4-7(10(9)17-2)8(15)6-11(12,13)14;/h3-5,8H,6,15H2,1-2H3;1H/t8-;/m0./s1. The predicted molar refractivity (Wildman–Crippen MR) is 64.4 cm³/mol. The molecule has 2 N–H and O–H groups in total. The summed E-state index contributed by atoms with van der Waals surface area (Å²) in [5, 5.41) is 0. The molecule has 7 heteroatoms. The molecule has 0 aliphatic heterocycles. The Morgan fingerprint density at radius 3 is 2.28 bits per heavy atom. The lowest BCUT2D eigenvalue weighted by atomic mass is 10.0. The fraction of sp³-hybridized carbons (Fsp3) is 0.455. The van der Waals surface area contributed by atoms with Crippen LogP contribution in [0.3, 0.4) is 0 Å². The SMILES string of the molecule is COc1cccc([C@@H](N)CC(F)(F)F)c1OC.Cl. The summed E-state index contributed by atoms with van der Waals surface area (Å²) in [6, 6.07) is 3.51. The second-order valence-electron chi connectivity index (χ2n) is 3.51. The van der Waals surface area contributed by atoms with Gasteiger partial charge in [0.15, 0.2) is 11.5 Å². The zero-order chi connectivity index (χ0) is 13.1. The highest BCUT2D eigenvalue weighted by molar-refractivity contribution is 5.85. The van der Waals surface area contributed by atoms with Crippen molar-refractivity contribution in [1.82, 2.24) is 0 Å². The van der Waals surface area contributed by atoms with Crippen molar-refractivity contribution in [2.75, 3.05) is 14.2 Å². The molecule has 18 heavy (non-hydrogen) atoms. The monoisotopic (exact) mass is 285 g/mol. The van der Waals surface area contributed by atoms with Crippen LogP contribution in [0, 0.1) is 0 Å². The first kappa shape index (κ1) is 16.9. The maximum atomic E-state index is 12.3. The van der Waals surface area contributed by atoms with E-state index in [9.17, 15) is 13.2 Å². The van der Waals surface area contributed by atoms with Gasteiger partial charge in [-0.15, -0.1) is 12.4 Å². The van der Waals surface area contributed by atoms with Crippen LogP contribution in [0.2, 0.25) is 0 Å². The third-order valence-corrected chi connectivity index (χ3v) is 2.28. The first-order valence-corrected chi connectivity index (χ1v) is 4.92. The summed E-state index contributed by atoms with van der Waals surface area (Å²) in [7, 11) is 2.78. The van der Waals surface area contributed by atoms with Crippen molar-refractivity contribution in [1.29, 1.82) is 0 Å². The zero-order valence-electron chi connectivity index (χ0n) is 9.95. The van der Waals surface area contributed by atoms with Gasteiger partial charge >= 0.3 is 6.18 Å². The van der Waals surface area contributed by atoms with Gasteiger partial charge in [0, 0.05) is 11.6 Å². The topological polar surface area (TPSA) is 44.5 Å². The minimum Gasteiger partial charge on any atom is -0.493 e. The van der Waals surface area contributed by atoms with Crippen molar-refractivity contribution < 1.29 is 22.6 Å². The lowest BCUT2D eigenvalue weighted by Crippen LogP contribution is -2.20. The number of ether oxygens (including phenoxy) is 2. The first-order valence-electron chi connectivity index (χ1n) is 4.92. The van der Waals surface area contributed by atoms with Gasteiger partial charge in [-0.3, -0.25) is 0 Å². The van der Waals surface area contributed by atoms with Gasteiger partial charge in [0.05, 0.1) is 20.6 Å². The number of alkyl halides is 3. The molecule has 0 heterocycles. The van der Waals surface area contributed by atoms with E-state index in [-0.39, 0.29) is 23.7 Å². The Balaban J connectivity index is 0.00000289. The van der Waals surface area contributed by atoms with E-state index in [1.54, 1.807) is 12.1 Å². The van der Waals surface area contributed by atoms with Crippen LogP contribution in [-0.2, 0) is 0 Å². The quantitative estimate of drug-likeness (QED) is 0.924. The van der Waals surface area contributed by atoms with Crippen LogP contribution in [-0.4, -0.2) is 20.4 Å². The fourth-order valence-corrected chi connectivity index (χ4v) is 1.56. The maximum Gasteiger partial charge on any atom is 0.390 e. The second-order valence-corrected chi connectivity index (χ2v) is 3.51. The van der Waals surface area contributed by atoms with Crippen molar-refractivity contribution in [2.24, 2.45) is 5.73 Å². The highest BCUT2D eigenvalue weighted by Crippen LogP contribution is 2.37. The number of methoxy groups -OCH3 is 2. The Hall–Kier alpha value is -1.14. The van der Waals surface area contributed by atoms with E-state index in [0.29, 0.717) is 5.75 Å². The van der Waals surface area contributed by atoms with Crippen molar-refractivity contribution >= 4 is 12.4 Å². The Bertz CT molecular complexity index is 385. The van der Waals surface area contributed by atoms with E-state index in [0.717, 1.165) is 0 Å². The Morgan fingerprint density at radius 2 is 1.83 bits per heavy atom. The average Bonchev–Trinajstić information content (AvgIpc) is 2.25. The highest BCUT2D eigenvalue weighted by Gasteiger charge is 2.32. The molecule has 104 valence electrons. The third-order valence-electron chi connectivity index (χ3n) is 2.28. The van der Waals surface area contributed by atoms with Crippen LogP contribution in [0.4, 0.5) is 13.2 Å². The molecule has 0 aliphatic carbocycles. The molecular formula is C11H15ClF3NO2. The van der Waals surface area contributed by atoms with Crippen LogP contribution in [0.25, 0.3) is 0 Å². The summed E-state index contributed by atoms with van der Waals surface area (Å²) in [6.07, 6.45) is -5.41. The van der Waals surface area contributed by atoms with Crippen LogP contribution in [0.1, 0.15) is 18.0 Å². The van der Waals surface area contributed by atoms with Gasteiger partial charge in [0.25, 0.3) is 0 Å². The minimum absolute atomic E-state index is 0. The van der Waals surface area contributed by atoms with E-state index in [2.05, 4.69) is 0 Å². The largest absolute Gasteiger partial charge is 0.493 e. The molecular weight excluding hydrogens is 271 g/mol.